The smallest absolute Gasteiger partial charge is 0.269 e. The Balaban J connectivity index is 1.67. The predicted octanol–water partition coefficient (Wildman–Crippen LogP) is 1.62. The van der Waals surface area contributed by atoms with Crippen molar-refractivity contribution in [3.8, 4) is 0 Å². The fourth-order valence-electron chi connectivity index (χ4n) is 3.16. The van der Waals surface area contributed by atoms with Gasteiger partial charge in [0.05, 0.1) is 30.0 Å². The van der Waals surface area contributed by atoms with E-state index in [-0.39, 0.29) is 11.6 Å². The van der Waals surface area contributed by atoms with Crippen LogP contribution in [-0.4, -0.2) is 60.1 Å². The Morgan fingerprint density at radius 1 is 1.44 bits per heavy atom. The van der Waals surface area contributed by atoms with Crippen molar-refractivity contribution in [2.75, 3.05) is 45.3 Å². The second-order valence-corrected chi connectivity index (χ2v) is 7.38. The molecule has 1 fully saturated rings. The molecular weight excluding hydrogens is 338 g/mol. The van der Waals surface area contributed by atoms with Gasteiger partial charge in [-0.05, 0) is 19.4 Å². The lowest BCUT2D eigenvalue weighted by molar-refractivity contribution is 0.161. The van der Waals surface area contributed by atoms with Gasteiger partial charge >= 0.3 is 0 Å². The molecule has 136 valence electrons. The molecular formula is C17H25N5O2S. The van der Waals surface area contributed by atoms with Gasteiger partial charge in [0.15, 0.2) is 0 Å². The van der Waals surface area contributed by atoms with Crippen LogP contribution in [0.2, 0.25) is 0 Å². The molecule has 0 saturated carbocycles. The third-order valence-electron chi connectivity index (χ3n) is 4.57. The molecule has 0 N–H and O–H groups in total. The summed E-state index contributed by atoms with van der Waals surface area (Å²) in [6.07, 6.45) is 5.76. The van der Waals surface area contributed by atoms with E-state index >= 15 is 0 Å². The summed E-state index contributed by atoms with van der Waals surface area (Å²) in [6.45, 7) is 4.15. The summed E-state index contributed by atoms with van der Waals surface area (Å²) in [5.41, 5.74) is 2.66. The molecule has 0 aliphatic carbocycles. The van der Waals surface area contributed by atoms with Gasteiger partial charge in [-0.15, -0.1) is 11.3 Å². The van der Waals surface area contributed by atoms with Crippen LogP contribution < -0.4 is 10.5 Å². The van der Waals surface area contributed by atoms with Crippen LogP contribution in [-0.2, 0) is 11.3 Å². The number of likely N-dealkylation sites (tertiary alicyclic amines) is 1. The van der Waals surface area contributed by atoms with Crippen LogP contribution in [0.5, 0.6) is 0 Å². The number of methoxy groups -OCH3 is 1. The first-order valence-electron chi connectivity index (χ1n) is 8.56. The van der Waals surface area contributed by atoms with Crippen molar-refractivity contribution in [1.29, 1.82) is 0 Å². The van der Waals surface area contributed by atoms with E-state index in [0.29, 0.717) is 6.61 Å². The van der Waals surface area contributed by atoms with Crippen molar-refractivity contribution in [2.24, 2.45) is 0 Å². The van der Waals surface area contributed by atoms with Crippen LogP contribution in [0.25, 0.3) is 0 Å². The Morgan fingerprint density at radius 3 is 3.04 bits per heavy atom. The van der Waals surface area contributed by atoms with Crippen molar-refractivity contribution >= 4 is 17.0 Å². The van der Waals surface area contributed by atoms with Crippen LogP contribution >= 0.6 is 11.3 Å². The number of anilines is 1. The zero-order valence-electron chi connectivity index (χ0n) is 14.8. The molecule has 3 heterocycles. The minimum absolute atomic E-state index is 0.0357. The first-order chi connectivity index (χ1) is 12.2. The lowest BCUT2D eigenvalue weighted by Gasteiger charge is -2.32. The van der Waals surface area contributed by atoms with E-state index in [1.165, 1.54) is 4.88 Å². The highest BCUT2D eigenvalue weighted by molar-refractivity contribution is 7.09. The molecule has 0 radical (unpaired) electrons. The highest BCUT2D eigenvalue weighted by Crippen LogP contribution is 2.22. The Labute approximate surface area is 151 Å². The largest absolute Gasteiger partial charge is 0.383 e. The Morgan fingerprint density at radius 2 is 2.32 bits per heavy atom. The highest BCUT2D eigenvalue weighted by Gasteiger charge is 2.23. The van der Waals surface area contributed by atoms with Crippen LogP contribution in [0.3, 0.4) is 0 Å². The molecule has 8 heteroatoms. The first-order valence-corrected chi connectivity index (χ1v) is 9.44. The number of likely N-dealkylation sites (N-methyl/N-ethyl adjacent to an activating group) is 1. The molecule has 7 nitrogen and oxygen atoms in total. The molecule has 1 saturated heterocycles. The second-order valence-electron chi connectivity index (χ2n) is 6.41. The first kappa shape index (κ1) is 18.0. The average Bonchev–Trinajstić information content (AvgIpc) is 3.12. The zero-order chi connectivity index (χ0) is 17.6. The van der Waals surface area contributed by atoms with Gasteiger partial charge in [0.25, 0.3) is 5.56 Å². The van der Waals surface area contributed by atoms with E-state index < -0.39 is 0 Å². The summed E-state index contributed by atoms with van der Waals surface area (Å²) >= 11 is 1.68. The topological polar surface area (TPSA) is 63.5 Å². The normalized spacial score (nSPS) is 18.4. The maximum atomic E-state index is 12.6. The van der Waals surface area contributed by atoms with Crippen molar-refractivity contribution < 1.29 is 4.74 Å². The summed E-state index contributed by atoms with van der Waals surface area (Å²) in [4.78, 5) is 22.3. The minimum atomic E-state index is -0.0357. The maximum absolute atomic E-state index is 12.6. The Hall–Kier alpha value is -1.77. The standard InChI is InChI=1S/C17H25N5O2S/c1-20(6-7-24-2)15-8-17(23)22(19-9-15)14-4-3-5-21(11-14)12-16-10-18-13-25-16/h8-10,13-14H,3-7,11-12H2,1-2H3/t14-/m1/s1. The highest BCUT2D eigenvalue weighted by atomic mass is 32.1. The second kappa shape index (κ2) is 8.55. The maximum Gasteiger partial charge on any atom is 0.269 e. The average molecular weight is 363 g/mol. The molecule has 0 spiro atoms. The zero-order valence-corrected chi connectivity index (χ0v) is 15.6. The lowest BCUT2D eigenvalue weighted by atomic mass is 10.1. The third-order valence-corrected chi connectivity index (χ3v) is 5.34. The molecule has 0 aromatic carbocycles. The summed E-state index contributed by atoms with van der Waals surface area (Å²) in [5, 5.41) is 4.45. The van der Waals surface area contributed by atoms with E-state index in [9.17, 15) is 4.79 Å². The van der Waals surface area contributed by atoms with E-state index in [1.807, 2.05) is 23.7 Å². The summed E-state index contributed by atoms with van der Waals surface area (Å²) < 4.78 is 6.73. The SMILES string of the molecule is COCCN(C)c1cnn([C@@H]2CCCN(Cc3cncs3)C2)c(=O)c1. The van der Waals surface area contributed by atoms with Crippen LogP contribution in [0.1, 0.15) is 23.8 Å². The van der Waals surface area contributed by atoms with Gasteiger partial charge in [0, 0.05) is 50.9 Å². The number of rotatable bonds is 7. The van der Waals surface area contributed by atoms with Gasteiger partial charge in [0.1, 0.15) is 0 Å². The van der Waals surface area contributed by atoms with E-state index in [4.69, 9.17) is 4.74 Å². The van der Waals surface area contributed by atoms with Crippen LogP contribution in [0, 0.1) is 0 Å². The van der Waals surface area contributed by atoms with Gasteiger partial charge in [-0.2, -0.15) is 5.10 Å². The molecule has 1 aliphatic rings. The Bertz CT molecular complexity index is 718. The van der Waals surface area contributed by atoms with Gasteiger partial charge in [0.2, 0.25) is 0 Å². The molecule has 1 aliphatic heterocycles. The summed E-state index contributed by atoms with van der Waals surface area (Å²) in [7, 11) is 3.61. The molecule has 3 rings (SSSR count). The monoisotopic (exact) mass is 363 g/mol. The number of thiazole rings is 1. The molecule has 0 amide bonds. The van der Waals surface area contributed by atoms with Gasteiger partial charge < -0.3 is 9.64 Å². The molecule has 25 heavy (non-hydrogen) atoms. The third kappa shape index (κ3) is 4.65. The quantitative estimate of drug-likeness (QED) is 0.745. The summed E-state index contributed by atoms with van der Waals surface area (Å²) in [5.74, 6) is 0. The summed E-state index contributed by atoms with van der Waals surface area (Å²) in [6, 6.07) is 1.80. The number of piperidine rings is 1. The predicted molar refractivity (Wildman–Crippen MR) is 99.3 cm³/mol. The molecule has 0 unspecified atom stereocenters. The minimum Gasteiger partial charge on any atom is -0.383 e. The number of ether oxygens (including phenoxy) is 1. The molecule has 2 aromatic heterocycles. The van der Waals surface area contributed by atoms with Crippen LogP contribution in [0.15, 0.2) is 28.8 Å². The number of hydrogen-bond donors (Lipinski definition) is 0. The van der Waals surface area contributed by atoms with E-state index in [2.05, 4.69) is 15.0 Å². The molecule has 0 bridgehead atoms. The Kier molecular flexibility index (Phi) is 6.17. The van der Waals surface area contributed by atoms with Gasteiger partial charge in [-0.3, -0.25) is 14.7 Å². The number of aromatic nitrogens is 3. The van der Waals surface area contributed by atoms with E-state index in [1.54, 1.807) is 35.4 Å². The van der Waals surface area contributed by atoms with Crippen molar-refractivity contribution in [3.63, 3.8) is 0 Å². The van der Waals surface area contributed by atoms with Crippen molar-refractivity contribution in [2.45, 2.75) is 25.4 Å². The molecule has 1 atom stereocenters. The van der Waals surface area contributed by atoms with Crippen molar-refractivity contribution in [1.82, 2.24) is 19.7 Å². The van der Waals surface area contributed by atoms with Crippen LogP contribution in [0.4, 0.5) is 5.69 Å². The van der Waals surface area contributed by atoms with E-state index in [0.717, 1.165) is 44.7 Å². The van der Waals surface area contributed by atoms with Gasteiger partial charge in [-0.1, -0.05) is 0 Å². The molecule has 2 aromatic rings. The van der Waals surface area contributed by atoms with Gasteiger partial charge in [-0.25, -0.2) is 4.68 Å². The fourth-order valence-corrected chi connectivity index (χ4v) is 3.80. The lowest BCUT2D eigenvalue weighted by Crippen LogP contribution is -2.40. The fraction of sp³-hybridized carbons (Fsp3) is 0.588. The number of hydrogen-bond acceptors (Lipinski definition) is 7. The number of nitrogens with zero attached hydrogens (tertiary/aromatic N) is 5. The van der Waals surface area contributed by atoms with Crippen molar-refractivity contribution in [3.05, 3.63) is 39.2 Å².